The van der Waals surface area contributed by atoms with Crippen molar-refractivity contribution in [2.24, 2.45) is 0 Å². The number of methoxy groups -OCH3 is 1. The van der Waals surface area contributed by atoms with E-state index in [1.165, 1.54) is 12.1 Å². The summed E-state index contributed by atoms with van der Waals surface area (Å²) in [6.45, 7) is 2.28. The van der Waals surface area contributed by atoms with Crippen molar-refractivity contribution >= 4 is 16.8 Å². The Labute approximate surface area is 139 Å². The van der Waals surface area contributed by atoms with Gasteiger partial charge in [0.15, 0.2) is 0 Å². The number of carbonyl (C=O) groups is 1. The second-order valence-electron chi connectivity index (χ2n) is 5.68. The van der Waals surface area contributed by atoms with Crippen molar-refractivity contribution in [3.63, 3.8) is 0 Å². The van der Waals surface area contributed by atoms with E-state index >= 15 is 0 Å². The highest BCUT2D eigenvalue weighted by atomic mass is 19.1. The van der Waals surface area contributed by atoms with Gasteiger partial charge in [0.05, 0.1) is 13.5 Å². The zero-order valence-corrected chi connectivity index (χ0v) is 13.7. The molecule has 124 valence electrons. The number of hydrogen-bond acceptors (Lipinski definition) is 2. The molecular formula is C19H19FN2O2. The van der Waals surface area contributed by atoms with E-state index < -0.39 is 0 Å². The summed E-state index contributed by atoms with van der Waals surface area (Å²) in [6.07, 6.45) is 0.199. The number of nitrogens with one attached hydrogen (secondary N) is 2. The third-order valence-corrected chi connectivity index (χ3v) is 4.09. The fourth-order valence-electron chi connectivity index (χ4n) is 2.85. The highest BCUT2D eigenvalue weighted by molar-refractivity contribution is 5.90. The first-order valence-corrected chi connectivity index (χ1v) is 7.74. The van der Waals surface area contributed by atoms with Crippen molar-refractivity contribution in [3.05, 3.63) is 65.1 Å². The zero-order valence-electron chi connectivity index (χ0n) is 13.7. The monoisotopic (exact) mass is 326 g/mol. The van der Waals surface area contributed by atoms with Gasteiger partial charge in [-0.05, 0) is 36.8 Å². The van der Waals surface area contributed by atoms with E-state index in [1.54, 1.807) is 13.2 Å². The summed E-state index contributed by atoms with van der Waals surface area (Å²) >= 11 is 0. The first kappa shape index (κ1) is 16.1. The van der Waals surface area contributed by atoms with Gasteiger partial charge < -0.3 is 15.0 Å². The molecule has 3 aromatic rings. The van der Waals surface area contributed by atoms with Gasteiger partial charge in [0, 0.05) is 28.7 Å². The molecule has 0 aliphatic rings. The fourth-order valence-corrected chi connectivity index (χ4v) is 2.85. The number of fused-ring (bicyclic) bond motifs is 1. The first-order chi connectivity index (χ1) is 11.6. The molecule has 0 bridgehead atoms. The van der Waals surface area contributed by atoms with Gasteiger partial charge in [-0.1, -0.05) is 18.2 Å². The summed E-state index contributed by atoms with van der Waals surface area (Å²) < 4.78 is 18.8. The lowest BCUT2D eigenvalue weighted by molar-refractivity contribution is -0.120. The van der Waals surface area contributed by atoms with Crippen molar-refractivity contribution in [1.82, 2.24) is 10.3 Å². The van der Waals surface area contributed by atoms with Crippen LogP contribution < -0.4 is 10.1 Å². The number of benzene rings is 2. The number of amides is 1. The van der Waals surface area contributed by atoms with E-state index in [-0.39, 0.29) is 18.1 Å². The van der Waals surface area contributed by atoms with E-state index in [1.807, 2.05) is 31.2 Å². The van der Waals surface area contributed by atoms with Gasteiger partial charge in [-0.3, -0.25) is 4.79 Å². The fraction of sp³-hybridized carbons (Fsp3) is 0.211. The molecule has 3 rings (SSSR count). The molecule has 24 heavy (non-hydrogen) atoms. The summed E-state index contributed by atoms with van der Waals surface area (Å²) in [5.74, 6) is 0.314. The lowest BCUT2D eigenvalue weighted by Gasteiger charge is -2.09. The van der Waals surface area contributed by atoms with Crippen LogP contribution in [0.2, 0.25) is 0 Å². The maximum absolute atomic E-state index is 13.5. The largest absolute Gasteiger partial charge is 0.496 e. The number of para-hydroxylation sites is 1. The van der Waals surface area contributed by atoms with Crippen LogP contribution in [-0.2, 0) is 17.8 Å². The summed E-state index contributed by atoms with van der Waals surface area (Å²) in [7, 11) is 1.60. The summed E-state index contributed by atoms with van der Waals surface area (Å²) in [5.41, 5.74) is 3.45. The molecule has 0 aliphatic heterocycles. The Kier molecular flexibility index (Phi) is 4.51. The van der Waals surface area contributed by atoms with Gasteiger partial charge in [0.25, 0.3) is 0 Å². The van der Waals surface area contributed by atoms with E-state index in [2.05, 4.69) is 10.3 Å². The average Bonchev–Trinajstić information content (AvgIpc) is 2.88. The highest BCUT2D eigenvalue weighted by Gasteiger charge is 2.13. The van der Waals surface area contributed by atoms with Crippen molar-refractivity contribution in [3.8, 4) is 5.75 Å². The highest BCUT2D eigenvalue weighted by Crippen LogP contribution is 2.23. The molecule has 1 heterocycles. The molecule has 1 aromatic heterocycles. The van der Waals surface area contributed by atoms with Crippen LogP contribution in [-0.4, -0.2) is 18.0 Å². The number of H-pyrrole nitrogens is 1. The normalized spacial score (nSPS) is 10.8. The maximum atomic E-state index is 13.5. The van der Waals surface area contributed by atoms with E-state index in [0.717, 1.165) is 33.5 Å². The topological polar surface area (TPSA) is 54.1 Å². The molecule has 0 atom stereocenters. The first-order valence-electron chi connectivity index (χ1n) is 7.74. The van der Waals surface area contributed by atoms with Crippen LogP contribution >= 0.6 is 0 Å². The minimum atomic E-state index is -0.308. The number of aromatic nitrogens is 1. The Hall–Kier alpha value is -2.82. The summed E-state index contributed by atoms with van der Waals surface area (Å²) in [5, 5.41) is 3.64. The maximum Gasteiger partial charge on any atom is 0.224 e. The third kappa shape index (κ3) is 3.25. The summed E-state index contributed by atoms with van der Waals surface area (Å²) in [6, 6.07) is 12.1. The molecule has 0 saturated heterocycles. The average molecular weight is 326 g/mol. The standard InChI is InChI=1S/C19H19FN2O2/c1-12-15(16-9-14(20)7-8-17(16)22-12)10-19(23)21-11-13-5-3-4-6-18(13)24-2/h3-9,22H,10-11H2,1-2H3,(H,21,23). The van der Waals surface area contributed by atoms with Gasteiger partial charge in [-0.2, -0.15) is 0 Å². The molecule has 0 spiro atoms. The number of rotatable bonds is 5. The molecule has 0 unspecified atom stereocenters. The van der Waals surface area contributed by atoms with Crippen LogP contribution in [0.15, 0.2) is 42.5 Å². The molecule has 4 nitrogen and oxygen atoms in total. The minimum absolute atomic E-state index is 0.117. The number of aryl methyl sites for hydroxylation is 1. The van der Waals surface area contributed by atoms with Crippen LogP contribution in [0.5, 0.6) is 5.75 Å². The number of aromatic amines is 1. The predicted octanol–water partition coefficient (Wildman–Crippen LogP) is 3.48. The number of halogens is 1. The number of carbonyl (C=O) groups excluding carboxylic acids is 1. The Morgan fingerprint density at radius 3 is 2.83 bits per heavy atom. The molecule has 5 heteroatoms. The second kappa shape index (κ2) is 6.74. The molecule has 0 radical (unpaired) electrons. The van der Waals surface area contributed by atoms with Crippen molar-refractivity contribution in [2.45, 2.75) is 19.9 Å². The van der Waals surface area contributed by atoms with Crippen molar-refractivity contribution in [2.75, 3.05) is 7.11 Å². The smallest absolute Gasteiger partial charge is 0.224 e. The minimum Gasteiger partial charge on any atom is -0.496 e. The van der Waals surface area contributed by atoms with Gasteiger partial charge in [-0.15, -0.1) is 0 Å². The Bertz CT molecular complexity index is 886. The van der Waals surface area contributed by atoms with Gasteiger partial charge in [0.1, 0.15) is 11.6 Å². The van der Waals surface area contributed by atoms with E-state index in [4.69, 9.17) is 4.74 Å². The van der Waals surface area contributed by atoms with E-state index in [0.29, 0.717) is 6.54 Å². The van der Waals surface area contributed by atoms with Crippen LogP contribution in [0.4, 0.5) is 4.39 Å². The van der Waals surface area contributed by atoms with Gasteiger partial charge in [0.2, 0.25) is 5.91 Å². The molecule has 0 aliphatic carbocycles. The molecule has 2 N–H and O–H groups in total. The Balaban J connectivity index is 1.73. The van der Waals surface area contributed by atoms with Crippen molar-refractivity contribution < 1.29 is 13.9 Å². The number of hydrogen-bond donors (Lipinski definition) is 2. The molecule has 0 fully saturated rings. The number of ether oxygens (including phenoxy) is 1. The quantitative estimate of drug-likeness (QED) is 0.754. The van der Waals surface area contributed by atoms with Gasteiger partial charge in [-0.25, -0.2) is 4.39 Å². The lowest BCUT2D eigenvalue weighted by Crippen LogP contribution is -2.25. The molecule has 0 saturated carbocycles. The van der Waals surface area contributed by atoms with E-state index in [9.17, 15) is 9.18 Å². The molecule has 1 amide bonds. The third-order valence-electron chi connectivity index (χ3n) is 4.09. The van der Waals surface area contributed by atoms with Crippen LogP contribution in [0.3, 0.4) is 0 Å². The second-order valence-corrected chi connectivity index (χ2v) is 5.68. The SMILES string of the molecule is COc1ccccc1CNC(=O)Cc1c(C)[nH]c2ccc(F)cc12. The molecule has 2 aromatic carbocycles. The molecular weight excluding hydrogens is 307 g/mol. The van der Waals surface area contributed by atoms with Crippen LogP contribution in [0.1, 0.15) is 16.8 Å². The van der Waals surface area contributed by atoms with Crippen LogP contribution in [0, 0.1) is 12.7 Å². The Morgan fingerprint density at radius 1 is 1.25 bits per heavy atom. The van der Waals surface area contributed by atoms with Gasteiger partial charge >= 0.3 is 0 Å². The predicted molar refractivity (Wildman–Crippen MR) is 91.5 cm³/mol. The van der Waals surface area contributed by atoms with Crippen LogP contribution in [0.25, 0.3) is 10.9 Å². The lowest BCUT2D eigenvalue weighted by atomic mass is 10.1. The summed E-state index contributed by atoms with van der Waals surface area (Å²) in [4.78, 5) is 15.5. The zero-order chi connectivity index (χ0) is 17.1. The van der Waals surface area contributed by atoms with Crippen molar-refractivity contribution in [1.29, 1.82) is 0 Å². The Morgan fingerprint density at radius 2 is 2.04 bits per heavy atom.